The Bertz CT molecular complexity index is 681. The average molecular weight is 281 g/mol. The lowest BCUT2D eigenvalue weighted by Gasteiger charge is -2.00. The fourth-order valence-corrected chi connectivity index (χ4v) is 1.82. The molecule has 0 spiro atoms. The predicted molar refractivity (Wildman–Crippen MR) is 78.0 cm³/mol. The molecular weight excluding hydrogens is 266 g/mol. The van der Waals surface area contributed by atoms with E-state index in [0.29, 0.717) is 12.1 Å². The zero-order valence-electron chi connectivity index (χ0n) is 11.7. The van der Waals surface area contributed by atoms with Crippen molar-refractivity contribution >= 4 is 12.0 Å². The Morgan fingerprint density at radius 1 is 1.43 bits per heavy atom. The van der Waals surface area contributed by atoms with Crippen molar-refractivity contribution in [1.29, 1.82) is 5.26 Å². The summed E-state index contributed by atoms with van der Waals surface area (Å²) in [6, 6.07) is 11.8. The fraction of sp³-hybridized carbons (Fsp3) is 0.188. The number of carbonyl (C=O) groups excluding carboxylic acids is 1. The molecule has 106 valence electrons. The van der Waals surface area contributed by atoms with Gasteiger partial charge in [-0.05, 0) is 18.6 Å². The molecule has 1 aromatic heterocycles. The van der Waals surface area contributed by atoms with Crippen molar-refractivity contribution in [3.05, 3.63) is 59.4 Å². The molecule has 1 heterocycles. The first-order valence-corrected chi connectivity index (χ1v) is 6.58. The normalized spacial score (nSPS) is 11.0. The summed E-state index contributed by atoms with van der Waals surface area (Å²) in [6.45, 7) is 2.58. The molecule has 21 heavy (non-hydrogen) atoms. The third kappa shape index (κ3) is 4.05. The maximum atomic E-state index is 11.5. The van der Waals surface area contributed by atoms with Crippen molar-refractivity contribution in [3.63, 3.8) is 0 Å². The van der Waals surface area contributed by atoms with E-state index in [1.165, 1.54) is 6.08 Å². The maximum Gasteiger partial charge on any atom is 0.348 e. The molecule has 0 atom stereocenters. The first-order chi connectivity index (χ1) is 10.2. The molecule has 0 aliphatic carbocycles. The molecule has 0 aliphatic heterocycles. The van der Waals surface area contributed by atoms with Gasteiger partial charge in [-0.2, -0.15) is 10.4 Å². The molecule has 2 rings (SSSR count). The molecule has 0 N–H and O–H groups in total. The van der Waals surface area contributed by atoms with Gasteiger partial charge in [0.05, 0.1) is 19.3 Å². The lowest BCUT2D eigenvalue weighted by atomic mass is 10.2. The number of rotatable bonds is 5. The summed E-state index contributed by atoms with van der Waals surface area (Å²) in [5.41, 5.74) is 1.79. The van der Waals surface area contributed by atoms with Gasteiger partial charge in [0.1, 0.15) is 11.6 Å². The van der Waals surface area contributed by atoms with Crippen molar-refractivity contribution in [2.75, 3.05) is 6.61 Å². The van der Waals surface area contributed by atoms with Crippen LogP contribution in [0.1, 0.15) is 18.1 Å². The van der Waals surface area contributed by atoms with Crippen LogP contribution in [0.25, 0.3) is 6.08 Å². The van der Waals surface area contributed by atoms with Gasteiger partial charge in [-0.1, -0.05) is 30.3 Å². The zero-order valence-corrected chi connectivity index (χ0v) is 11.7. The van der Waals surface area contributed by atoms with Crippen molar-refractivity contribution in [1.82, 2.24) is 9.78 Å². The lowest BCUT2D eigenvalue weighted by molar-refractivity contribution is -0.137. The van der Waals surface area contributed by atoms with Crippen molar-refractivity contribution in [3.8, 4) is 6.07 Å². The predicted octanol–water partition coefficient (Wildman–Crippen LogP) is 2.40. The number of hydrogen-bond acceptors (Lipinski definition) is 4. The first-order valence-electron chi connectivity index (χ1n) is 6.58. The number of benzene rings is 1. The second-order valence-corrected chi connectivity index (χ2v) is 4.35. The highest BCUT2D eigenvalue weighted by molar-refractivity contribution is 5.97. The Morgan fingerprint density at radius 2 is 2.19 bits per heavy atom. The summed E-state index contributed by atoms with van der Waals surface area (Å²) < 4.78 is 6.56. The third-order valence-corrected chi connectivity index (χ3v) is 2.77. The highest BCUT2D eigenvalue weighted by Crippen LogP contribution is 2.09. The largest absolute Gasteiger partial charge is 0.462 e. The van der Waals surface area contributed by atoms with Gasteiger partial charge in [-0.25, -0.2) is 4.79 Å². The van der Waals surface area contributed by atoms with Crippen molar-refractivity contribution in [2.24, 2.45) is 0 Å². The molecule has 5 heteroatoms. The van der Waals surface area contributed by atoms with Crippen LogP contribution >= 0.6 is 0 Å². The maximum absolute atomic E-state index is 11.5. The molecular formula is C16H15N3O2. The molecule has 0 saturated carbocycles. The quantitative estimate of drug-likeness (QED) is 0.479. The van der Waals surface area contributed by atoms with Crippen LogP contribution < -0.4 is 0 Å². The minimum Gasteiger partial charge on any atom is -0.462 e. The van der Waals surface area contributed by atoms with Crippen LogP contribution in [0, 0.1) is 11.3 Å². The smallest absolute Gasteiger partial charge is 0.348 e. The van der Waals surface area contributed by atoms with E-state index in [1.54, 1.807) is 24.0 Å². The lowest BCUT2D eigenvalue weighted by Crippen LogP contribution is -2.05. The third-order valence-electron chi connectivity index (χ3n) is 2.77. The van der Waals surface area contributed by atoms with E-state index in [0.717, 1.165) is 5.56 Å². The van der Waals surface area contributed by atoms with Crippen molar-refractivity contribution < 1.29 is 9.53 Å². The second-order valence-electron chi connectivity index (χ2n) is 4.35. The fourth-order valence-electron chi connectivity index (χ4n) is 1.82. The van der Waals surface area contributed by atoms with Gasteiger partial charge >= 0.3 is 5.97 Å². The first kappa shape index (κ1) is 14.5. The summed E-state index contributed by atoms with van der Waals surface area (Å²) in [6.07, 6.45) is 4.87. The topological polar surface area (TPSA) is 67.9 Å². The van der Waals surface area contributed by atoms with Gasteiger partial charge < -0.3 is 4.74 Å². The second kappa shape index (κ2) is 7.06. The van der Waals surface area contributed by atoms with Gasteiger partial charge in [0.15, 0.2) is 0 Å². The Labute approximate surface area is 123 Å². The van der Waals surface area contributed by atoms with Gasteiger partial charge in [0.25, 0.3) is 0 Å². The van der Waals surface area contributed by atoms with Crippen LogP contribution in [0.2, 0.25) is 0 Å². The SMILES string of the molecule is CCOC(=O)/C(C#N)=C/c1cnn(Cc2ccccc2)c1. The average Bonchev–Trinajstić information content (AvgIpc) is 2.93. The summed E-state index contributed by atoms with van der Waals surface area (Å²) in [5.74, 6) is -0.615. The Hall–Kier alpha value is -2.87. The summed E-state index contributed by atoms with van der Waals surface area (Å²) in [4.78, 5) is 11.5. The number of nitrogens with zero attached hydrogens (tertiary/aromatic N) is 3. The summed E-state index contributed by atoms with van der Waals surface area (Å²) in [7, 11) is 0. The van der Waals surface area contributed by atoms with Gasteiger partial charge in [-0.3, -0.25) is 4.68 Å². The number of aromatic nitrogens is 2. The van der Waals surface area contributed by atoms with Crippen LogP contribution in [0.5, 0.6) is 0 Å². The van der Waals surface area contributed by atoms with Crippen LogP contribution in [0.4, 0.5) is 0 Å². The molecule has 0 amide bonds. The number of esters is 1. The number of carbonyl (C=O) groups is 1. The monoisotopic (exact) mass is 281 g/mol. The van der Waals surface area contributed by atoms with Gasteiger partial charge in [-0.15, -0.1) is 0 Å². The molecule has 0 saturated heterocycles. The molecule has 2 aromatic rings. The molecule has 0 fully saturated rings. The molecule has 0 unspecified atom stereocenters. The van der Waals surface area contributed by atoms with E-state index in [4.69, 9.17) is 10.00 Å². The number of hydrogen-bond donors (Lipinski definition) is 0. The van der Waals surface area contributed by atoms with Crippen molar-refractivity contribution in [2.45, 2.75) is 13.5 Å². The summed E-state index contributed by atoms with van der Waals surface area (Å²) >= 11 is 0. The molecule has 0 aliphatic rings. The minimum absolute atomic E-state index is 0.0314. The number of ether oxygens (including phenoxy) is 1. The molecule has 5 nitrogen and oxygen atoms in total. The van der Waals surface area contributed by atoms with Gasteiger partial charge in [0, 0.05) is 11.8 Å². The number of nitriles is 1. The van der Waals surface area contributed by atoms with Crippen LogP contribution in [-0.2, 0) is 16.1 Å². The van der Waals surface area contributed by atoms with E-state index in [-0.39, 0.29) is 12.2 Å². The Balaban J connectivity index is 2.12. The van der Waals surface area contributed by atoms with E-state index >= 15 is 0 Å². The molecule has 0 radical (unpaired) electrons. The standard InChI is InChI=1S/C16H15N3O2/c1-2-21-16(20)15(9-17)8-14-10-18-19(12-14)11-13-6-4-3-5-7-13/h3-8,10,12H,2,11H2,1H3/b15-8+. The zero-order chi connectivity index (χ0) is 15.1. The van der Waals surface area contributed by atoms with E-state index in [9.17, 15) is 4.79 Å². The molecule has 1 aromatic carbocycles. The highest BCUT2D eigenvalue weighted by Gasteiger charge is 2.10. The molecule has 0 bridgehead atoms. The van der Waals surface area contributed by atoms with E-state index in [2.05, 4.69) is 5.10 Å². The summed E-state index contributed by atoms with van der Waals surface area (Å²) in [5, 5.41) is 13.2. The van der Waals surface area contributed by atoms with E-state index < -0.39 is 5.97 Å². The van der Waals surface area contributed by atoms with Crippen LogP contribution in [-0.4, -0.2) is 22.4 Å². The minimum atomic E-state index is -0.615. The Kier molecular flexibility index (Phi) is 4.89. The van der Waals surface area contributed by atoms with E-state index in [1.807, 2.05) is 36.4 Å². The van der Waals surface area contributed by atoms with Gasteiger partial charge in [0.2, 0.25) is 0 Å². The van der Waals surface area contributed by atoms with Crippen LogP contribution in [0.3, 0.4) is 0 Å². The Morgan fingerprint density at radius 3 is 2.86 bits per heavy atom. The highest BCUT2D eigenvalue weighted by atomic mass is 16.5. The van der Waals surface area contributed by atoms with Crippen LogP contribution in [0.15, 0.2) is 48.3 Å².